The fourth-order valence-corrected chi connectivity index (χ4v) is 7.27. The van der Waals surface area contributed by atoms with Gasteiger partial charge in [-0.3, -0.25) is 9.59 Å². The molecule has 0 spiro atoms. The highest BCUT2D eigenvalue weighted by atomic mass is 35.5. The molecule has 7 nitrogen and oxygen atoms in total. The maximum Gasteiger partial charge on any atom is 0.416 e. The Morgan fingerprint density at radius 1 is 1.05 bits per heavy atom. The Balaban J connectivity index is 1.41. The molecule has 2 aromatic rings. The van der Waals surface area contributed by atoms with Gasteiger partial charge in [-0.05, 0) is 79.1 Å². The first-order valence-electron chi connectivity index (χ1n) is 14.2. The van der Waals surface area contributed by atoms with Gasteiger partial charge in [0.1, 0.15) is 6.04 Å². The second-order valence-electron chi connectivity index (χ2n) is 11.5. The molecule has 2 amide bonds. The van der Waals surface area contributed by atoms with Crippen LogP contribution in [0.1, 0.15) is 60.5 Å². The Morgan fingerprint density at radius 2 is 1.67 bits per heavy atom. The summed E-state index contributed by atoms with van der Waals surface area (Å²) in [5, 5.41) is 3.17. The van der Waals surface area contributed by atoms with Crippen molar-refractivity contribution in [1.29, 1.82) is 0 Å². The number of nitrogens with one attached hydrogen (secondary N) is 1. The molecule has 12 heteroatoms. The van der Waals surface area contributed by atoms with Crippen molar-refractivity contribution in [1.82, 2.24) is 15.1 Å². The predicted molar refractivity (Wildman–Crippen MR) is 156 cm³/mol. The summed E-state index contributed by atoms with van der Waals surface area (Å²) in [5.41, 5.74) is 0.146. The number of rotatable bonds is 11. The third kappa shape index (κ3) is 8.26. The summed E-state index contributed by atoms with van der Waals surface area (Å²) in [6.45, 7) is 7.00. The zero-order chi connectivity index (χ0) is 30.7. The Labute approximate surface area is 250 Å². The summed E-state index contributed by atoms with van der Waals surface area (Å²) >= 11 is 5.99. The zero-order valence-electron chi connectivity index (χ0n) is 23.8. The highest BCUT2D eigenvalue weighted by molar-refractivity contribution is 7.91. The van der Waals surface area contributed by atoms with Gasteiger partial charge in [-0.2, -0.15) is 13.2 Å². The highest BCUT2D eigenvalue weighted by Gasteiger charge is 2.50. The van der Waals surface area contributed by atoms with Gasteiger partial charge in [0, 0.05) is 36.8 Å². The summed E-state index contributed by atoms with van der Waals surface area (Å²) in [5.74, 6) is -1.70. The third-order valence-corrected chi connectivity index (χ3v) is 10.5. The molecule has 1 aliphatic heterocycles. The van der Waals surface area contributed by atoms with Gasteiger partial charge in [0.2, 0.25) is 5.91 Å². The number of amides is 2. The van der Waals surface area contributed by atoms with Gasteiger partial charge >= 0.3 is 6.18 Å². The first-order chi connectivity index (χ1) is 19.7. The second kappa shape index (κ2) is 12.9. The number of benzene rings is 2. The number of piperazine rings is 1. The van der Waals surface area contributed by atoms with E-state index in [1.807, 2.05) is 31.2 Å². The summed E-state index contributed by atoms with van der Waals surface area (Å²) in [7, 11) is -3.76. The van der Waals surface area contributed by atoms with Crippen molar-refractivity contribution in [3.63, 3.8) is 0 Å². The monoisotopic (exact) mass is 627 g/mol. The van der Waals surface area contributed by atoms with E-state index in [2.05, 4.69) is 17.1 Å². The van der Waals surface area contributed by atoms with Gasteiger partial charge < -0.3 is 15.1 Å². The molecule has 2 aromatic carbocycles. The van der Waals surface area contributed by atoms with Gasteiger partial charge in [0.25, 0.3) is 5.91 Å². The molecule has 1 heterocycles. The van der Waals surface area contributed by atoms with Gasteiger partial charge in [-0.25, -0.2) is 8.42 Å². The molecular weight excluding hydrogens is 591 g/mol. The maximum absolute atomic E-state index is 13.5. The molecule has 1 N–H and O–H groups in total. The number of carbonyl (C=O) groups is 2. The zero-order valence-corrected chi connectivity index (χ0v) is 25.4. The third-order valence-electron chi connectivity index (χ3n) is 8.46. The van der Waals surface area contributed by atoms with Crippen LogP contribution in [0.2, 0.25) is 5.02 Å². The lowest BCUT2D eigenvalue weighted by Crippen LogP contribution is -2.56. The molecule has 1 aliphatic carbocycles. The Morgan fingerprint density at radius 3 is 2.24 bits per heavy atom. The smallest absolute Gasteiger partial charge is 0.339 e. The molecule has 1 saturated heterocycles. The number of carbonyl (C=O) groups excluding carboxylic acids is 2. The normalized spacial score (nSPS) is 22.0. The lowest BCUT2D eigenvalue weighted by molar-refractivity contribution is -0.137. The minimum Gasteiger partial charge on any atom is -0.339 e. The largest absolute Gasteiger partial charge is 0.416 e. The summed E-state index contributed by atoms with van der Waals surface area (Å²) < 4.78 is 65.3. The quantitative estimate of drug-likeness (QED) is 0.379. The van der Waals surface area contributed by atoms with Gasteiger partial charge in [0.05, 0.1) is 17.1 Å². The minimum atomic E-state index is -4.56. The minimum absolute atomic E-state index is 0.0195. The van der Waals surface area contributed by atoms with Crippen LogP contribution in [0.3, 0.4) is 0 Å². The van der Waals surface area contributed by atoms with Gasteiger partial charge in [-0.1, -0.05) is 37.6 Å². The molecule has 0 bridgehead atoms. The maximum atomic E-state index is 13.5. The predicted octanol–water partition coefficient (Wildman–Crippen LogP) is 5.01. The number of nitrogens with zero attached hydrogens (tertiary/aromatic N) is 2. The molecule has 0 radical (unpaired) electrons. The van der Waals surface area contributed by atoms with Crippen molar-refractivity contribution in [3.8, 4) is 0 Å². The van der Waals surface area contributed by atoms with E-state index < -0.39 is 45.2 Å². The molecule has 4 rings (SSSR count). The summed E-state index contributed by atoms with van der Waals surface area (Å²) in [6, 6.07) is 9.91. The van der Waals surface area contributed by atoms with Gasteiger partial charge in [-0.15, -0.1) is 0 Å². The van der Waals surface area contributed by atoms with Crippen LogP contribution in [0.15, 0.2) is 48.5 Å². The van der Waals surface area contributed by atoms with Crippen LogP contribution in [0.4, 0.5) is 13.2 Å². The van der Waals surface area contributed by atoms with Crippen LogP contribution < -0.4 is 5.32 Å². The van der Waals surface area contributed by atoms with Crippen molar-refractivity contribution >= 4 is 33.3 Å². The van der Waals surface area contributed by atoms with E-state index >= 15 is 0 Å². The van der Waals surface area contributed by atoms with Crippen LogP contribution in [-0.4, -0.2) is 80.3 Å². The molecular formula is C30H37ClF3N3O4S. The molecule has 0 aromatic heterocycles. The van der Waals surface area contributed by atoms with Crippen LogP contribution in [-0.2, 0) is 20.8 Å². The molecule has 1 unspecified atom stereocenters. The van der Waals surface area contributed by atoms with E-state index in [0.29, 0.717) is 50.0 Å². The first-order valence-corrected chi connectivity index (χ1v) is 16.4. The first kappa shape index (κ1) is 32.3. The van der Waals surface area contributed by atoms with E-state index in [9.17, 15) is 31.2 Å². The number of sulfone groups is 1. The number of hydrogen-bond acceptors (Lipinski definition) is 5. The van der Waals surface area contributed by atoms with E-state index in [0.717, 1.165) is 37.2 Å². The van der Waals surface area contributed by atoms with Crippen molar-refractivity contribution in [2.24, 2.45) is 5.41 Å². The average Bonchev–Trinajstić information content (AvgIpc) is 3.62. The SMILES string of the molecule is CCN1CCN(C(=O)[C@H](CS(=O)(=O)CCCC2(C)C[C@H]2c2ccc(Cl)cc2)NC(=O)c2ccc(C(F)(F)F)cc2)CC1. The number of hydrogen-bond donors (Lipinski definition) is 1. The number of likely N-dealkylation sites (N-methyl/N-ethyl adjacent to an activating group) is 1. The van der Waals surface area contributed by atoms with Gasteiger partial charge in [0.15, 0.2) is 9.84 Å². The second-order valence-corrected chi connectivity index (χ2v) is 14.2. The fraction of sp³-hybridized carbons (Fsp3) is 0.533. The lowest BCUT2D eigenvalue weighted by atomic mass is 9.96. The van der Waals surface area contributed by atoms with Crippen LogP contribution in [0, 0.1) is 5.41 Å². The van der Waals surface area contributed by atoms with E-state index in [-0.39, 0.29) is 16.7 Å². The summed E-state index contributed by atoms with van der Waals surface area (Å²) in [6.07, 6.45) is -2.52. The summed E-state index contributed by atoms with van der Waals surface area (Å²) in [4.78, 5) is 30.1. The fourth-order valence-electron chi connectivity index (χ4n) is 5.66. The molecule has 2 fully saturated rings. The van der Waals surface area contributed by atoms with E-state index in [1.54, 1.807) is 4.90 Å². The Hall–Kier alpha value is -2.63. The van der Waals surface area contributed by atoms with Crippen LogP contribution >= 0.6 is 11.6 Å². The average molecular weight is 628 g/mol. The molecule has 1 saturated carbocycles. The Kier molecular flexibility index (Phi) is 9.94. The number of alkyl halides is 3. The Bertz CT molecular complexity index is 1360. The van der Waals surface area contributed by atoms with Crippen molar-refractivity contribution in [3.05, 3.63) is 70.2 Å². The van der Waals surface area contributed by atoms with Crippen molar-refractivity contribution < 1.29 is 31.2 Å². The molecule has 2 aliphatic rings. The highest BCUT2D eigenvalue weighted by Crippen LogP contribution is 2.61. The van der Waals surface area contributed by atoms with E-state index in [1.165, 1.54) is 5.56 Å². The number of halogens is 4. The molecule has 3 atom stereocenters. The van der Waals surface area contributed by atoms with Crippen LogP contribution in [0.25, 0.3) is 0 Å². The standard InChI is InChI=1S/C30H37ClF3N3O4S/c1-3-36-14-16-37(17-15-36)28(39)26(35-27(38)22-5-9-23(10-6-22)30(32,33)34)20-42(40,41)18-4-13-29(2)19-25(29)21-7-11-24(31)12-8-21/h5-12,25-26H,3-4,13-20H2,1-2H3,(H,35,38)/t25-,26-,29?/m0/s1. The van der Waals surface area contributed by atoms with Crippen molar-refractivity contribution in [2.45, 2.75) is 51.2 Å². The van der Waals surface area contributed by atoms with Crippen LogP contribution in [0.5, 0.6) is 0 Å². The van der Waals surface area contributed by atoms with Crippen molar-refractivity contribution in [2.75, 3.05) is 44.2 Å². The van der Waals surface area contributed by atoms with E-state index in [4.69, 9.17) is 11.6 Å². The topological polar surface area (TPSA) is 86.8 Å². The lowest BCUT2D eigenvalue weighted by Gasteiger charge is -2.36. The molecule has 230 valence electrons. The molecule has 42 heavy (non-hydrogen) atoms.